The van der Waals surface area contributed by atoms with Crippen LogP contribution in [0.3, 0.4) is 0 Å². The molecule has 0 bridgehead atoms. The van der Waals surface area contributed by atoms with E-state index >= 15 is 0 Å². The van der Waals surface area contributed by atoms with Gasteiger partial charge in [0, 0.05) is 22.7 Å². The van der Waals surface area contributed by atoms with E-state index in [2.05, 4.69) is 15.4 Å². The van der Waals surface area contributed by atoms with Crippen molar-refractivity contribution >= 4 is 34.0 Å². The van der Waals surface area contributed by atoms with Gasteiger partial charge in [0.1, 0.15) is 5.75 Å². The van der Waals surface area contributed by atoms with Crippen LogP contribution in [0.25, 0.3) is 10.8 Å². The molecule has 0 atom stereocenters. The first-order valence-electron chi connectivity index (χ1n) is 10.9. The maximum atomic E-state index is 12.6. The van der Waals surface area contributed by atoms with Gasteiger partial charge < -0.3 is 15.4 Å². The number of ether oxygens (including phenoxy) is 1. The summed E-state index contributed by atoms with van der Waals surface area (Å²) >= 11 is 0. The van der Waals surface area contributed by atoms with E-state index in [9.17, 15) is 22.8 Å². The molecule has 0 unspecified atom stereocenters. The Morgan fingerprint density at radius 1 is 0.912 bits per heavy atom. The van der Waals surface area contributed by atoms with Crippen LogP contribution < -0.4 is 15.4 Å². The van der Waals surface area contributed by atoms with Gasteiger partial charge in [0.2, 0.25) is 11.8 Å². The van der Waals surface area contributed by atoms with Gasteiger partial charge in [0.25, 0.3) is 0 Å². The van der Waals surface area contributed by atoms with E-state index in [1.54, 1.807) is 0 Å². The average Bonchev–Trinajstić information content (AvgIpc) is 2.80. The Balaban J connectivity index is 1.24. The first-order valence-corrected chi connectivity index (χ1v) is 10.9. The smallest absolute Gasteiger partial charge is 0.406 e. The number of carbonyl (C=O) groups excluding carboxylic acids is 2. The van der Waals surface area contributed by atoms with Crippen molar-refractivity contribution in [2.45, 2.75) is 19.2 Å². The zero-order valence-electron chi connectivity index (χ0n) is 18.3. The van der Waals surface area contributed by atoms with Crippen molar-refractivity contribution in [1.82, 2.24) is 4.90 Å². The molecule has 178 valence electrons. The average molecular weight is 471 g/mol. The SMILES string of the molecule is O=C(CN1CCC(C(=O)Nc2ccc(OC(F)(F)F)cc2)CC1)Nc1cccc2ccccc12. The highest BCUT2D eigenvalue weighted by Gasteiger charge is 2.31. The second kappa shape index (κ2) is 10.1. The summed E-state index contributed by atoms with van der Waals surface area (Å²) in [4.78, 5) is 27.1. The van der Waals surface area contributed by atoms with Crippen LogP contribution in [0, 0.1) is 5.92 Å². The Morgan fingerprint density at radius 2 is 1.59 bits per heavy atom. The van der Waals surface area contributed by atoms with Crippen LogP contribution in [0.2, 0.25) is 0 Å². The lowest BCUT2D eigenvalue weighted by atomic mass is 9.95. The number of benzene rings is 3. The molecule has 2 N–H and O–H groups in total. The van der Waals surface area contributed by atoms with E-state index in [1.165, 1.54) is 12.1 Å². The molecule has 1 aliphatic rings. The Bertz CT molecular complexity index is 1150. The molecule has 0 radical (unpaired) electrons. The number of carbonyl (C=O) groups is 2. The Kier molecular flexibility index (Phi) is 7.02. The zero-order valence-corrected chi connectivity index (χ0v) is 18.3. The van der Waals surface area contributed by atoms with Crippen molar-refractivity contribution in [3.8, 4) is 5.75 Å². The lowest BCUT2D eigenvalue weighted by molar-refractivity contribution is -0.274. The molecule has 0 spiro atoms. The maximum absolute atomic E-state index is 12.6. The van der Waals surface area contributed by atoms with Crippen molar-refractivity contribution < 1.29 is 27.5 Å². The first-order chi connectivity index (χ1) is 16.3. The number of alkyl halides is 3. The number of piperidine rings is 1. The number of anilines is 2. The number of nitrogens with one attached hydrogen (secondary N) is 2. The second-order valence-electron chi connectivity index (χ2n) is 8.19. The molecule has 0 saturated carbocycles. The van der Waals surface area contributed by atoms with Crippen LogP contribution >= 0.6 is 0 Å². The molecule has 3 aromatic rings. The van der Waals surface area contributed by atoms with Gasteiger partial charge in [-0.15, -0.1) is 13.2 Å². The normalized spacial score (nSPS) is 15.1. The standard InChI is InChI=1S/C25H24F3N3O3/c26-25(27,28)34-20-10-8-19(9-11-20)29-24(33)18-12-14-31(15-13-18)16-23(32)30-22-7-3-5-17-4-1-2-6-21(17)22/h1-11,18H,12-16H2,(H,29,33)(H,30,32). The first kappa shape index (κ1) is 23.6. The molecule has 1 saturated heterocycles. The van der Waals surface area contributed by atoms with E-state index in [4.69, 9.17) is 0 Å². The van der Waals surface area contributed by atoms with E-state index in [0.717, 1.165) is 28.6 Å². The minimum Gasteiger partial charge on any atom is -0.406 e. The minimum absolute atomic E-state index is 0.111. The van der Waals surface area contributed by atoms with Crippen molar-refractivity contribution in [3.63, 3.8) is 0 Å². The topological polar surface area (TPSA) is 70.7 Å². The summed E-state index contributed by atoms with van der Waals surface area (Å²) in [5.74, 6) is -0.881. The van der Waals surface area contributed by atoms with E-state index < -0.39 is 6.36 Å². The molecule has 9 heteroatoms. The monoisotopic (exact) mass is 471 g/mol. The predicted molar refractivity (Wildman–Crippen MR) is 123 cm³/mol. The minimum atomic E-state index is -4.76. The van der Waals surface area contributed by atoms with Crippen LogP contribution in [0.15, 0.2) is 66.7 Å². The Hall–Kier alpha value is -3.59. The molecule has 2 amide bonds. The highest BCUT2D eigenvalue weighted by Crippen LogP contribution is 2.26. The number of nitrogens with zero attached hydrogens (tertiary/aromatic N) is 1. The van der Waals surface area contributed by atoms with Crippen molar-refractivity contribution in [2.75, 3.05) is 30.3 Å². The van der Waals surface area contributed by atoms with Crippen LogP contribution in [0.1, 0.15) is 12.8 Å². The molecular weight excluding hydrogens is 447 g/mol. The molecule has 1 fully saturated rings. The lowest BCUT2D eigenvalue weighted by Gasteiger charge is -2.30. The van der Waals surface area contributed by atoms with E-state index in [1.807, 2.05) is 47.4 Å². The number of halogens is 3. The third-order valence-electron chi connectivity index (χ3n) is 5.74. The Morgan fingerprint density at radius 3 is 2.29 bits per heavy atom. The fourth-order valence-corrected chi connectivity index (χ4v) is 4.06. The lowest BCUT2D eigenvalue weighted by Crippen LogP contribution is -2.41. The molecule has 6 nitrogen and oxygen atoms in total. The summed E-state index contributed by atoms with van der Waals surface area (Å²) in [6, 6.07) is 18.6. The summed E-state index contributed by atoms with van der Waals surface area (Å²) in [7, 11) is 0. The molecule has 0 aromatic heterocycles. The third-order valence-corrected chi connectivity index (χ3v) is 5.74. The summed E-state index contributed by atoms with van der Waals surface area (Å²) in [6.45, 7) is 1.43. The van der Waals surface area contributed by atoms with Gasteiger partial charge in [0.15, 0.2) is 0 Å². The molecule has 0 aliphatic carbocycles. The number of fused-ring (bicyclic) bond motifs is 1. The number of hydrogen-bond donors (Lipinski definition) is 2. The molecule has 1 heterocycles. The summed E-state index contributed by atoms with van der Waals surface area (Å²) in [5, 5.41) is 7.74. The van der Waals surface area contributed by atoms with Crippen molar-refractivity contribution in [2.24, 2.45) is 5.92 Å². The molecule has 1 aliphatic heterocycles. The highest BCUT2D eigenvalue weighted by molar-refractivity contribution is 6.02. The summed E-state index contributed by atoms with van der Waals surface area (Å²) in [6.07, 6.45) is -3.59. The zero-order chi connectivity index (χ0) is 24.1. The molecule has 34 heavy (non-hydrogen) atoms. The fourth-order valence-electron chi connectivity index (χ4n) is 4.06. The summed E-state index contributed by atoms with van der Waals surface area (Å²) in [5.41, 5.74) is 1.17. The van der Waals surface area contributed by atoms with E-state index in [0.29, 0.717) is 31.6 Å². The van der Waals surface area contributed by atoms with Gasteiger partial charge in [-0.1, -0.05) is 36.4 Å². The molecular formula is C25H24F3N3O3. The van der Waals surface area contributed by atoms with Gasteiger partial charge in [0.05, 0.1) is 6.54 Å². The molecule has 4 rings (SSSR count). The van der Waals surface area contributed by atoms with Crippen LogP contribution in [-0.2, 0) is 9.59 Å². The van der Waals surface area contributed by atoms with Crippen LogP contribution in [-0.4, -0.2) is 42.7 Å². The number of hydrogen-bond acceptors (Lipinski definition) is 4. The van der Waals surface area contributed by atoms with Gasteiger partial charge in [-0.3, -0.25) is 14.5 Å². The largest absolute Gasteiger partial charge is 0.573 e. The van der Waals surface area contributed by atoms with Gasteiger partial charge >= 0.3 is 6.36 Å². The van der Waals surface area contributed by atoms with Crippen LogP contribution in [0.5, 0.6) is 5.75 Å². The van der Waals surface area contributed by atoms with Crippen molar-refractivity contribution in [3.05, 3.63) is 66.7 Å². The predicted octanol–water partition coefficient (Wildman–Crippen LogP) is 5.03. The highest BCUT2D eigenvalue weighted by atomic mass is 19.4. The maximum Gasteiger partial charge on any atom is 0.573 e. The summed E-state index contributed by atoms with van der Waals surface area (Å²) < 4.78 is 40.6. The van der Waals surface area contributed by atoms with Crippen molar-refractivity contribution in [1.29, 1.82) is 0 Å². The fraction of sp³-hybridized carbons (Fsp3) is 0.280. The number of amides is 2. The van der Waals surface area contributed by atoms with Gasteiger partial charge in [-0.2, -0.15) is 0 Å². The van der Waals surface area contributed by atoms with Gasteiger partial charge in [-0.25, -0.2) is 0 Å². The van der Waals surface area contributed by atoms with Gasteiger partial charge in [-0.05, 0) is 61.6 Å². The quantitative estimate of drug-likeness (QED) is 0.529. The molecule has 3 aromatic carbocycles. The number of rotatable bonds is 6. The second-order valence-corrected chi connectivity index (χ2v) is 8.19. The third kappa shape index (κ3) is 6.26. The Labute approximate surface area is 194 Å². The van der Waals surface area contributed by atoms with E-state index in [-0.39, 0.29) is 30.0 Å². The number of likely N-dealkylation sites (tertiary alicyclic amines) is 1. The van der Waals surface area contributed by atoms with Crippen LogP contribution in [0.4, 0.5) is 24.5 Å².